The minimum absolute atomic E-state index is 0.0858. The zero-order valence-electron chi connectivity index (χ0n) is 11.1. The molecule has 2 unspecified atom stereocenters. The van der Waals surface area contributed by atoms with Gasteiger partial charge in [0.1, 0.15) is 0 Å². The normalized spacial score (nSPS) is 23.3. The van der Waals surface area contributed by atoms with E-state index in [0.29, 0.717) is 5.92 Å². The third kappa shape index (κ3) is 3.10. The molecule has 0 bridgehead atoms. The molecule has 0 heterocycles. The maximum Gasteiger partial charge on any atom is 0.227 e. The molecule has 0 aliphatic heterocycles. The van der Waals surface area contributed by atoms with E-state index in [0.717, 1.165) is 24.9 Å². The van der Waals surface area contributed by atoms with Crippen molar-refractivity contribution in [3.8, 4) is 0 Å². The molecule has 18 heavy (non-hydrogen) atoms. The number of rotatable bonds is 3. The van der Waals surface area contributed by atoms with Crippen molar-refractivity contribution < 1.29 is 4.79 Å². The van der Waals surface area contributed by atoms with Crippen molar-refractivity contribution in [2.45, 2.75) is 45.1 Å². The summed E-state index contributed by atoms with van der Waals surface area (Å²) in [5, 5.41) is 3.01. The lowest BCUT2D eigenvalue weighted by Crippen LogP contribution is -2.23. The Morgan fingerprint density at radius 3 is 2.78 bits per heavy atom. The second kappa shape index (κ2) is 5.53. The summed E-state index contributed by atoms with van der Waals surface area (Å²) in [7, 11) is 0. The van der Waals surface area contributed by atoms with Gasteiger partial charge in [0.15, 0.2) is 0 Å². The van der Waals surface area contributed by atoms with E-state index in [-0.39, 0.29) is 17.9 Å². The van der Waals surface area contributed by atoms with Gasteiger partial charge in [-0.25, -0.2) is 0 Å². The summed E-state index contributed by atoms with van der Waals surface area (Å²) in [5.41, 5.74) is 7.98. The Bertz CT molecular complexity index is 428. The van der Waals surface area contributed by atoms with Crippen LogP contribution in [0.1, 0.15) is 44.6 Å². The van der Waals surface area contributed by atoms with Crippen molar-refractivity contribution in [2.75, 3.05) is 5.32 Å². The first-order chi connectivity index (χ1) is 8.56. The molecule has 0 saturated heterocycles. The molecule has 1 aliphatic rings. The Morgan fingerprint density at radius 2 is 2.17 bits per heavy atom. The highest BCUT2D eigenvalue weighted by molar-refractivity contribution is 5.92. The Balaban J connectivity index is 2.00. The van der Waals surface area contributed by atoms with Crippen molar-refractivity contribution in [3.63, 3.8) is 0 Å². The Kier molecular flexibility index (Phi) is 4.02. The molecule has 1 aromatic carbocycles. The number of hydrogen-bond donors (Lipinski definition) is 2. The number of anilines is 1. The molecule has 2 rings (SSSR count). The second-order valence-corrected chi connectivity index (χ2v) is 5.54. The van der Waals surface area contributed by atoms with Gasteiger partial charge < -0.3 is 11.1 Å². The van der Waals surface area contributed by atoms with Crippen molar-refractivity contribution in [3.05, 3.63) is 29.8 Å². The Hall–Kier alpha value is -1.35. The molecule has 1 saturated carbocycles. The van der Waals surface area contributed by atoms with Crippen LogP contribution < -0.4 is 11.1 Å². The first-order valence-corrected chi connectivity index (χ1v) is 6.72. The quantitative estimate of drug-likeness (QED) is 0.861. The van der Waals surface area contributed by atoms with Crippen LogP contribution in [0.25, 0.3) is 0 Å². The monoisotopic (exact) mass is 246 g/mol. The number of nitrogens with one attached hydrogen (secondary N) is 1. The Morgan fingerprint density at radius 1 is 1.39 bits per heavy atom. The van der Waals surface area contributed by atoms with Gasteiger partial charge in [0.05, 0.1) is 0 Å². The number of carbonyl (C=O) groups is 1. The third-order valence-electron chi connectivity index (χ3n) is 3.66. The lowest BCUT2D eigenvalue weighted by Gasteiger charge is -2.12. The summed E-state index contributed by atoms with van der Waals surface area (Å²) >= 11 is 0. The van der Waals surface area contributed by atoms with Gasteiger partial charge in [-0.3, -0.25) is 4.79 Å². The molecule has 0 aromatic heterocycles. The van der Waals surface area contributed by atoms with E-state index in [1.807, 2.05) is 12.1 Å². The molecule has 2 atom stereocenters. The molecule has 0 spiro atoms. The van der Waals surface area contributed by atoms with E-state index in [1.54, 1.807) is 0 Å². The fraction of sp³-hybridized carbons (Fsp3) is 0.533. The van der Waals surface area contributed by atoms with Crippen molar-refractivity contribution in [1.29, 1.82) is 0 Å². The minimum Gasteiger partial charge on any atom is -0.328 e. The van der Waals surface area contributed by atoms with Crippen LogP contribution in [-0.2, 0) is 4.79 Å². The number of carbonyl (C=O) groups excluding carboxylic acids is 1. The number of amides is 1. The highest BCUT2D eigenvalue weighted by Crippen LogP contribution is 2.26. The molecule has 1 fully saturated rings. The maximum absolute atomic E-state index is 12.1. The highest BCUT2D eigenvalue weighted by atomic mass is 16.1. The van der Waals surface area contributed by atoms with Crippen LogP contribution in [0.15, 0.2) is 24.3 Å². The Labute approximate surface area is 109 Å². The first kappa shape index (κ1) is 13.1. The van der Waals surface area contributed by atoms with Crippen molar-refractivity contribution >= 4 is 11.6 Å². The molecular formula is C15H22N2O. The molecular weight excluding hydrogens is 224 g/mol. The van der Waals surface area contributed by atoms with Gasteiger partial charge in [0.25, 0.3) is 0 Å². The van der Waals surface area contributed by atoms with Crippen LogP contribution in [0.3, 0.4) is 0 Å². The van der Waals surface area contributed by atoms with Gasteiger partial charge in [-0.2, -0.15) is 0 Å². The summed E-state index contributed by atoms with van der Waals surface area (Å²) in [5.74, 6) is 0.674. The van der Waals surface area contributed by atoms with E-state index in [1.165, 1.54) is 5.56 Å². The lowest BCUT2D eigenvalue weighted by atomic mass is 10.0. The van der Waals surface area contributed by atoms with E-state index in [4.69, 9.17) is 5.73 Å². The minimum atomic E-state index is 0.0858. The fourth-order valence-electron chi connectivity index (χ4n) is 2.47. The molecule has 3 nitrogen and oxygen atoms in total. The zero-order valence-corrected chi connectivity index (χ0v) is 11.1. The van der Waals surface area contributed by atoms with Gasteiger partial charge in [-0.15, -0.1) is 0 Å². The topological polar surface area (TPSA) is 55.1 Å². The SMILES string of the molecule is CC(C)c1cccc(NC(=O)C2CCC(N)C2)c1. The maximum atomic E-state index is 12.1. The van der Waals surface area contributed by atoms with Gasteiger partial charge >= 0.3 is 0 Å². The summed E-state index contributed by atoms with van der Waals surface area (Å²) in [6.07, 6.45) is 2.69. The van der Waals surface area contributed by atoms with Gasteiger partial charge in [-0.05, 0) is 42.9 Å². The predicted octanol–water partition coefficient (Wildman–Crippen LogP) is 2.88. The molecule has 98 valence electrons. The molecule has 1 amide bonds. The van der Waals surface area contributed by atoms with Crippen LogP contribution in [0, 0.1) is 5.92 Å². The molecule has 0 radical (unpaired) electrons. The lowest BCUT2D eigenvalue weighted by molar-refractivity contribution is -0.119. The van der Waals surface area contributed by atoms with Crippen LogP contribution >= 0.6 is 0 Å². The van der Waals surface area contributed by atoms with Crippen molar-refractivity contribution in [2.24, 2.45) is 11.7 Å². The zero-order chi connectivity index (χ0) is 13.1. The number of nitrogens with two attached hydrogens (primary N) is 1. The van der Waals surface area contributed by atoms with E-state index in [9.17, 15) is 4.79 Å². The second-order valence-electron chi connectivity index (χ2n) is 5.54. The van der Waals surface area contributed by atoms with E-state index in [2.05, 4.69) is 31.3 Å². The third-order valence-corrected chi connectivity index (χ3v) is 3.66. The standard InChI is InChI=1S/C15H22N2O/c1-10(2)11-4-3-5-14(9-11)17-15(18)12-6-7-13(16)8-12/h3-5,9-10,12-13H,6-8,16H2,1-2H3,(H,17,18). The molecule has 3 heteroatoms. The van der Waals surface area contributed by atoms with Gasteiger partial charge in [-0.1, -0.05) is 26.0 Å². The number of hydrogen-bond acceptors (Lipinski definition) is 2. The molecule has 1 aromatic rings. The predicted molar refractivity (Wildman–Crippen MR) is 74.5 cm³/mol. The smallest absolute Gasteiger partial charge is 0.227 e. The van der Waals surface area contributed by atoms with Crippen LogP contribution in [0.4, 0.5) is 5.69 Å². The van der Waals surface area contributed by atoms with Crippen LogP contribution in [0.5, 0.6) is 0 Å². The van der Waals surface area contributed by atoms with Gasteiger partial charge in [0, 0.05) is 17.6 Å². The summed E-state index contributed by atoms with van der Waals surface area (Å²) in [6, 6.07) is 8.27. The largest absolute Gasteiger partial charge is 0.328 e. The fourth-order valence-corrected chi connectivity index (χ4v) is 2.47. The summed E-state index contributed by atoms with van der Waals surface area (Å²) in [6.45, 7) is 4.30. The summed E-state index contributed by atoms with van der Waals surface area (Å²) in [4.78, 5) is 12.1. The average molecular weight is 246 g/mol. The van der Waals surface area contributed by atoms with Crippen LogP contribution in [0.2, 0.25) is 0 Å². The highest BCUT2D eigenvalue weighted by Gasteiger charge is 2.27. The van der Waals surface area contributed by atoms with Crippen molar-refractivity contribution in [1.82, 2.24) is 0 Å². The molecule has 3 N–H and O–H groups in total. The van der Waals surface area contributed by atoms with Crippen LogP contribution in [-0.4, -0.2) is 11.9 Å². The van der Waals surface area contributed by atoms with Gasteiger partial charge in [0.2, 0.25) is 5.91 Å². The summed E-state index contributed by atoms with van der Waals surface area (Å²) < 4.78 is 0. The van der Waals surface area contributed by atoms with E-state index >= 15 is 0 Å². The molecule has 1 aliphatic carbocycles. The first-order valence-electron chi connectivity index (χ1n) is 6.72. The van der Waals surface area contributed by atoms with E-state index < -0.39 is 0 Å². The number of benzene rings is 1. The average Bonchev–Trinajstić information content (AvgIpc) is 2.76.